The van der Waals surface area contributed by atoms with E-state index in [0.717, 1.165) is 50.3 Å². The van der Waals surface area contributed by atoms with Crippen molar-refractivity contribution in [1.82, 2.24) is 14.7 Å². The summed E-state index contributed by atoms with van der Waals surface area (Å²) in [6.45, 7) is 4.28. The monoisotopic (exact) mass is 427 g/mol. The first-order chi connectivity index (χ1) is 14.6. The van der Waals surface area contributed by atoms with E-state index in [4.69, 9.17) is 11.6 Å². The second-order valence-electron chi connectivity index (χ2n) is 9.31. The van der Waals surface area contributed by atoms with Gasteiger partial charge in [-0.1, -0.05) is 35.9 Å². The third-order valence-corrected chi connectivity index (χ3v) is 7.68. The Morgan fingerprint density at radius 2 is 1.80 bits per heavy atom. The van der Waals surface area contributed by atoms with E-state index in [9.17, 15) is 9.59 Å². The van der Waals surface area contributed by atoms with Gasteiger partial charge in [-0.3, -0.25) is 9.59 Å². The molecule has 0 radical (unpaired) electrons. The van der Waals surface area contributed by atoms with Gasteiger partial charge in [0.25, 0.3) is 0 Å². The predicted octanol–water partition coefficient (Wildman–Crippen LogP) is 2.98. The van der Waals surface area contributed by atoms with Gasteiger partial charge in [0.2, 0.25) is 11.8 Å². The minimum atomic E-state index is -0.280. The van der Waals surface area contributed by atoms with Gasteiger partial charge in [-0.25, -0.2) is 0 Å². The molecule has 2 bridgehead atoms. The van der Waals surface area contributed by atoms with E-state index in [-0.39, 0.29) is 29.8 Å². The van der Waals surface area contributed by atoms with Crippen molar-refractivity contribution in [2.45, 2.75) is 44.2 Å². The van der Waals surface area contributed by atoms with Gasteiger partial charge in [-0.2, -0.15) is 0 Å². The molecule has 3 fully saturated rings. The summed E-state index contributed by atoms with van der Waals surface area (Å²) in [5, 5.41) is 0.770. The minimum absolute atomic E-state index is 0.156. The van der Waals surface area contributed by atoms with Crippen LogP contribution in [-0.2, 0) is 16.0 Å². The summed E-state index contributed by atoms with van der Waals surface area (Å²) in [6.07, 6.45) is 8.76. The zero-order valence-corrected chi connectivity index (χ0v) is 18.1. The molecule has 1 aromatic rings. The highest BCUT2D eigenvalue weighted by atomic mass is 35.5. The molecular weight excluding hydrogens is 398 g/mol. The Labute approximate surface area is 183 Å². The van der Waals surface area contributed by atoms with E-state index in [1.807, 2.05) is 21.9 Å². The van der Waals surface area contributed by atoms with Crippen molar-refractivity contribution in [3.05, 3.63) is 47.0 Å². The summed E-state index contributed by atoms with van der Waals surface area (Å²) in [4.78, 5) is 32.9. The number of benzene rings is 1. The highest BCUT2D eigenvalue weighted by molar-refractivity contribution is 6.30. The first-order valence-electron chi connectivity index (χ1n) is 11.3. The molecule has 0 aromatic heterocycles. The lowest BCUT2D eigenvalue weighted by molar-refractivity contribution is -0.164. The number of carbonyl (C=O) groups excluding carboxylic acids is 2. The molecule has 4 heterocycles. The first-order valence-corrected chi connectivity index (χ1v) is 11.7. The lowest BCUT2D eigenvalue weighted by Gasteiger charge is -2.56. The number of likely N-dealkylation sites (tertiary alicyclic amines) is 1. The number of carbonyl (C=O) groups is 2. The molecule has 160 valence electrons. The van der Waals surface area contributed by atoms with Crippen molar-refractivity contribution in [2.75, 3.05) is 32.7 Å². The molecule has 1 aromatic carbocycles. The molecule has 4 atom stereocenters. The van der Waals surface area contributed by atoms with Crippen LogP contribution in [0.4, 0.5) is 0 Å². The Kier molecular flexibility index (Phi) is 5.59. The molecule has 0 N–H and O–H groups in total. The first kappa shape index (κ1) is 20.1. The zero-order valence-electron chi connectivity index (χ0n) is 17.4. The number of rotatable bonds is 4. The average Bonchev–Trinajstić information content (AvgIpc) is 3.29. The molecule has 0 aliphatic carbocycles. The van der Waals surface area contributed by atoms with Crippen LogP contribution in [0, 0.1) is 11.8 Å². The third kappa shape index (κ3) is 3.78. The zero-order chi connectivity index (χ0) is 20.7. The van der Waals surface area contributed by atoms with Crippen LogP contribution in [0.3, 0.4) is 0 Å². The number of fused-ring (bicyclic) bond motifs is 4. The molecule has 2 amide bonds. The number of hydrogen-bond donors (Lipinski definition) is 0. The fourth-order valence-corrected chi connectivity index (χ4v) is 6.16. The van der Waals surface area contributed by atoms with Crippen LogP contribution in [0.2, 0.25) is 5.02 Å². The van der Waals surface area contributed by atoms with Crippen molar-refractivity contribution < 1.29 is 9.59 Å². The van der Waals surface area contributed by atoms with E-state index in [2.05, 4.69) is 29.2 Å². The fourth-order valence-electron chi connectivity index (χ4n) is 6.04. The number of hydrogen-bond acceptors (Lipinski definition) is 3. The predicted molar refractivity (Wildman–Crippen MR) is 117 cm³/mol. The Bertz CT molecular complexity index is 831. The number of amides is 2. The van der Waals surface area contributed by atoms with Gasteiger partial charge in [0.15, 0.2) is 0 Å². The van der Waals surface area contributed by atoms with Crippen LogP contribution >= 0.6 is 11.6 Å². The van der Waals surface area contributed by atoms with Gasteiger partial charge in [-0.15, -0.1) is 0 Å². The molecule has 0 saturated carbocycles. The quantitative estimate of drug-likeness (QED) is 0.694. The molecule has 0 unspecified atom stereocenters. The topological polar surface area (TPSA) is 43.9 Å². The van der Waals surface area contributed by atoms with E-state index >= 15 is 0 Å². The maximum atomic E-state index is 13.5. The van der Waals surface area contributed by atoms with Crippen molar-refractivity contribution in [1.29, 1.82) is 0 Å². The smallest absolute Gasteiger partial charge is 0.246 e. The summed E-state index contributed by atoms with van der Waals surface area (Å²) < 4.78 is 0. The highest BCUT2D eigenvalue weighted by Crippen LogP contribution is 2.42. The maximum Gasteiger partial charge on any atom is 0.246 e. The molecule has 4 aliphatic heterocycles. The normalized spacial score (nSPS) is 31.2. The molecular formula is C24H30ClN3O2. The third-order valence-electron chi connectivity index (χ3n) is 7.43. The molecule has 5 nitrogen and oxygen atoms in total. The lowest BCUT2D eigenvalue weighted by atomic mass is 9.71. The van der Waals surface area contributed by atoms with Crippen LogP contribution in [0.5, 0.6) is 0 Å². The summed E-state index contributed by atoms with van der Waals surface area (Å²) in [6, 6.07) is 8.05. The van der Waals surface area contributed by atoms with Crippen molar-refractivity contribution in [3.63, 3.8) is 0 Å². The van der Waals surface area contributed by atoms with Gasteiger partial charge in [0.05, 0.1) is 0 Å². The number of nitrogens with zero attached hydrogens (tertiary/aromatic N) is 3. The Hall–Kier alpha value is -1.85. The van der Waals surface area contributed by atoms with Gasteiger partial charge >= 0.3 is 0 Å². The van der Waals surface area contributed by atoms with Crippen LogP contribution in [-0.4, -0.2) is 71.3 Å². The van der Waals surface area contributed by atoms with E-state index in [1.54, 1.807) is 0 Å². The van der Waals surface area contributed by atoms with Gasteiger partial charge < -0.3 is 14.7 Å². The average molecular weight is 428 g/mol. The van der Waals surface area contributed by atoms with Crippen molar-refractivity contribution >= 4 is 23.4 Å². The Balaban J connectivity index is 1.34. The summed E-state index contributed by atoms with van der Waals surface area (Å²) >= 11 is 6.02. The molecule has 3 saturated heterocycles. The SMILES string of the molecule is O=C([C@H]1[C@H]2C[C@H](CN(CCc3ccc(Cl)cc3)C2)[C@@H]2CCCC(=O)N21)N1CC=CC1. The van der Waals surface area contributed by atoms with E-state index in [0.29, 0.717) is 25.4 Å². The molecule has 0 spiro atoms. The van der Waals surface area contributed by atoms with Crippen LogP contribution in [0.15, 0.2) is 36.4 Å². The molecule has 5 rings (SSSR count). The fraction of sp³-hybridized carbons (Fsp3) is 0.583. The van der Waals surface area contributed by atoms with Crippen LogP contribution < -0.4 is 0 Å². The number of halogens is 1. The summed E-state index contributed by atoms with van der Waals surface area (Å²) in [5.41, 5.74) is 1.29. The minimum Gasteiger partial charge on any atom is -0.333 e. The Morgan fingerprint density at radius 1 is 1.07 bits per heavy atom. The molecule has 30 heavy (non-hydrogen) atoms. The van der Waals surface area contributed by atoms with Crippen LogP contribution in [0.25, 0.3) is 0 Å². The second-order valence-corrected chi connectivity index (χ2v) is 9.75. The van der Waals surface area contributed by atoms with Gasteiger partial charge in [-0.05, 0) is 49.3 Å². The van der Waals surface area contributed by atoms with Gasteiger partial charge in [0.1, 0.15) is 6.04 Å². The standard InChI is InChI=1S/C24H30ClN3O2/c25-20-8-6-17(7-9-20)10-13-26-15-18-14-19(16-26)23(24(30)27-11-1-2-12-27)28-21(18)4-3-5-22(28)29/h1-2,6-9,18-19,21,23H,3-5,10-16H2/t18-,19+,21+,23-/m1/s1. The highest BCUT2D eigenvalue weighted by Gasteiger charge is 2.52. The van der Waals surface area contributed by atoms with Crippen LogP contribution in [0.1, 0.15) is 31.2 Å². The number of piperidine rings is 3. The van der Waals surface area contributed by atoms with E-state index < -0.39 is 0 Å². The second kappa shape index (κ2) is 8.35. The lowest BCUT2D eigenvalue weighted by Crippen LogP contribution is -2.68. The summed E-state index contributed by atoms with van der Waals surface area (Å²) in [7, 11) is 0. The summed E-state index contributed by atoms with van der Waals surface area (Å²) in [5.74, 6) is 1.07. The largest absolute Gasteiger partial charge is 0.333 e. The molecule has 4 aliphatic rings. The Morgan fingerprint density at radius 3 is 2.57 bits per heavy atom. The van der Waals surface area contributed by atoms with Gasteiger partial charge in [0, 0.05) is 56.1 Å². The van der Waals surface area contributed by atoms with Crippen molar-refractivity contribution in [2.24, 2.45) is 11.8 Å². The molecule has 6 heteroatoms. The van der Waals surface area contributed by atoms with Crippen molar-refractivity contribution in [3.8, 4) is 0 Å². The van der Waals surface area contributed by atoms with E-state index in [1.165, 1.54) is 5.56 Å². The maximum absolute atomic E-state index is 13.5.